The Balaban J connectivity index is 1.53. The largest absolute Gasteiger partial charge is 0.328 e. The molecular weight excluding hydrogens is 472 g/mol. The maximum Gasteiger partial charge on any atom is 0.265 e. The van der Waals surface area contributed by atoms with E-state index in [-0.39, 0.29) is 28.2 Å². The summed E-state index contributed by atoms with van der Waals surface area (Å²) in [6, 6.07) is 25.3. The van der Waals surface area contributed by atoms with Crippen molar-refractivity contribution < 1.29 is 18.0 Å². The average Bonchev–Trinajstić information content (AvgIpc) is 2.82. The van der Waals surface area contributed by atoms with Crippen LogP contribution >= 0.6 is 11.6 Å². The van der Waals surface area contributed by atoms with Crippen molar-refractivity contribution in [3.05, 3.63) is 101 Å². The molecular formula is C26H25ClN2O4S. The van der Waals surface area contributed by atoms with Gasteiger partial charge in [0.2, 0.25) is 5.91 Å². The zero-order valence-electron chi connectivity index (χ0n) is 18.6. The highest BCUT2D eigenvalue weighted by atomic mass is 35.5. The maximum absolute atomic E-state index is 13.4. The molecule has 1 unspecified atom stereocenters. The normalized spacial score (nSPS) is 17.8. The molecule has 1 N–H and O–H groups in total. The first-order chi connectivity index (χ1) is 16.2. The van der Waals surface area contributed by atoms with Crippen LogP contribution in [0.1, 0.15) is 36.8 Å². The van der Waals surface area contributed by atoms with Crippen LogP contribution < -0.4 is 4.72 Å². The third-order valence-electron chi connectivity index (χ3n) is 6.34. The fourth-order valence-corrected chi connectivity index (χ4v) is 5.83. The van der Waals surface area contributed by atoms with Gasteiger partial charge in [0.15, 0.2) is 0 Å². The maximum atomic E-state index is 13.4. The number of benzene rings is 3. The molecule has 0 spiro atoms. The van der Waals surface area contributed by atoms with E-state index < -0.39 is 21.5 Å². The molecule has 176 valence electrons. The smallest absolute Gasteiger partial charge is 0.265 e. The van der Waals surface area contributed by atoms with Crippen molar-refractivity contribution in [3.8, 4) is 0 Å². The fraction of sp³-hybridized carbons (Fsp3) is 0.231. The van der Waals surface area contributed by atoms with Gasteiger partial charge in [0.1, 0.15) is 10.4 Å². The van der Waals surface area contributed by atoms with Crippen molar-refractivity contribution in [3.63, 3.8) is 0 Å². The van der Waals surface area contributed by atoms with Gasteiger partial charge in [0.25, 0.3) is 15.9 Å². The number of hydrogen-bond donors (Lipinski definition) is 1. The van der Waals surface area contributed by atoms with Crippen molar-refractivity contribution in [1.82, 2.24) is 9.62 Å². The molecule has 1 heterocycles. The Morgan fingerprint density at radius 2 is 1.47 bits per heavy atom. The van der Waals surface area contributed by atoms with Gasteiger partial charge in [0, 0.05) is 18.9 Å². The molecule has 4 rings (SSSR count). The van der Waals surface area contributed by atoms with Crippen LogP contribution in [0.3, 0.4) is 0 Å². The van der Waals surface area contributed by atoms with Gasteiger partial charge < -0.3 is 4.90 Å². The van der Waals surface area contributed by atoms with E-state index in [1.807, 2.05) is 60.7 Å². The van der Waals surface area contributed by atoms with Gasteiger partial charge in [-0.15, -0.1) is 0 Å². The second-order valence-electron chi connectivity index (χ2n) is 8.51. The molecule has 0 saturated carbocycles. The van der Waals surface area contributed by atoms with Gasteiger partial charge in [-0.3, -0.25) is 9.59 Å². The zero-order chi connectivity index (χ0) is 24.3. The Bertz CT molecular complexity index is 1260. The Morgan fingerprint density at radius 1 is 0.941 bits per heavy atom. The lowest BCUT2D eigenvalue weighted by Gasteiger charge is -2.49. The van der Waals surface area contributed by atoms with Crippen LogP contribution in [0.25, 0.3) is 0 Å². The lowest BCUT2D eigenvalue weighted by molar-refractivity contribution is -0.156. The van der Waals surface area contributed by atoms with Crippen molar-refractivity contribution in [1.29, 1.82) is 0 Å². The molecule has 3 aromatic rings. The summed E-state index contributed by atoms with van der Waals surface area (Å²) in [5.41, 5.74) is 0.730. The van der Waals surface area contributed by atoms with Crippen molar-refractivity contribution in [2.75, 3.05) is 6.54 Å². The molecule has 0 aromatic heterocycles. The molecule has 0 bridgehead atoms. The van der Waals surface area contributed by atoms with Crippen LogP contribution in [0.2, 0.25) is 5.02 Å². The third-order valence-corrected chi connectivity index (χ3v) is 8.17. The molecule has 1 atom stereocenters. The average molecular weight is 497 g/mol. The number of sulfonamides is 1. The highest BCUT2D eigenvalue weighted by molar-refractivity contribution is 7.90. The summed E-state index contributed by atoms with van der Waals surface area (Å²) in [5.74, 6) is -1.14. The first-order valence-electron chi connectivity index (χ1n) is 10.9. The van der Waals surface area contributed by atoms with E-state index in [9.17, 15) is 18.0 Å². The molecule has 3 aromatic carbocycles. The van der Waals surface area contributed by atoms with Crippen molar-refractivity contribution >= 4 is 33.4 Å². The van der Waals surface area contributed by atoms with Gasteiger partial charge in [-0.05, 0) is 36.6 Å². The van der Waals surface area contributed by atoms with Crippen LogP contribution in [0.15, 0.2) is 89.8 Å². The van der Waals surface area contributed by atoms with E-state index in [4.69, 9.17) is 11.6 Å². The summed E-state index contributed by atoms with van der Waals surface area (Å²) in [4.78, 5) is 27.7. The molecule has 1 aliphatic rings. The number of nitrogens with one attached hydrogen (secondary N) is 1. The molecule has 6 nitrogen and oxygen atoms in total. The first kappa shape index (κ1) is 24.0. The Hall–Kier alpha value is -3.16. The standard InChI is InChI=1S/C26H25ClN2O4S/c1-26(25(31)28-34(32,33)23-15-9-8-14-22(23)27)16-17-29(26)24(30)18-21(19-10-4-2-5-11-19)20-12-6-3-7-13-20/h2-15,21H,16-18H2,1H3,(H,28,31). The molecule has 0 radical (unpaired) electrons. The topological polar surface area (TPSA) is 83.6 Å². The summed E-state index contributed by atoms with van der Waals surface area (Å²) in [7, 11) is -4.18. The van der Waals surface area contributed by atoms with Crippen LogP contribution in [0.4, 0.5) is 0 Å². The monoisotopic (exact) mass is 496 g/mol. The summed E-state index contributed by atoms with van der Waals surface area (Å²) in [5, 5.41) is 0.0167. The summed E-state index contributed by atoms with van der Waals surface area (Å²) < 4.78 is 27.6. The molecule has 0 aliphatic carbocycles. The van der Waals surface area contributed by atoms with E-state index in [2.05, 4.69) is 4.72 Å². The molecule has 2 amide bonds. The number of rotatable bonds is 7. The first-order valence-corrected chi connectivity index (χ1v) is 12.8. The summed E-state index contributed by atoms with van der Waals surface area (Å²) >= 11 is 6.01. The van der Waals surface area contributed by atoms with Crippen molar-refractivity contribution in [2.24, 2.45) is 0 Å². The predicted octanol–water partition coefficient (Wildman–Crippen LogP) is 4.36. The van der Waals surface area contributed by atoms with E-state index in [0.29, 0.717) is 13.0 Å². The molecule has 1 aliphatic heterocycles. The number of carbonyl (C=O) groups is 2. The minimum absolute atomic E-state index is 0.0167. The van der Waals surface area contributed by atoms with Crippen molar-refractivity contribution in [2.45, 2.75) is 36.1 Å². The van der Waals surface area contributed by atoms with Gasteiger partial charge >= 0.3 is 0 Å². The molecule has 34 heavy (non-hydrogen) atoms. The SMILES string of the molecule is CC1(C(=O)NS(=O)(=O)c2ccccc2Cl)CCN1C(=O)CC(c1ccccc1)c1ccccc1. The minimum atomic E-state index is -4.18. The van der Waals surface area contributed by atoms with E-state index in [1.165, 1.54) is 23.1 Å². The Labute approximate surface area is 204 Å². The fourth-order valence-electron chi connectivity index (χ4n) is 4.23. The van der Waals surface area contributed by atoms with Crippen LogP contribution in [-0.4, -0.2) is 37.2 Å². The highest BCUT2D eigenvalue weighted by Gasteiger charge is 2.50. The number of hydrogen-bond acceptors (Lipinski definition) is 4. The second kappa shape index (κ2) is 9.60. The van der Waals surface area contributed by atoms with Crippen LogP contribution in [-0.2, 0) is 19.6 Å². The minimum Gasteiger partial charge on any atom is -0.328 e. The third kappa shape index (κ3) is 4.72. The van der Waals surface area contributed by atoms with Crippen LogP contribution in [0, 0.1) is 0 Å². The summed E-state index contributed by atoms with van der Waals surface area (Å²) in [6.07, 6.45) is 0.526. The molecule has 1 fully saturated rings. The predicted molar refractivity (Wildman–Crippen MR) is 131 cm³/mol. The Kier molecular flexibility index (Phi) is 6.77. The van der Waals surface area contributed by atoms with E-state index >= 15 is 0 Å². The van der Waals surface area contributed by atoms with E-state index in [0.717, 1.165) is 11.1 Å². The zero-order valence-corrected chi connectivity index (χ0v) is 20.2. The number of carbonyl (C=O) groups excluding carboxylic acids is 2. The van der Waals surface area contributed by atoms with Crippen LogP contribution in [0.5, 0.6) is 0 Å². The lowest BCUT2D eigenvalue weighted by Crippen LogP contribution is -2.67. The number of likely N-dealkylation sites (tertiary alicyclic amines) is 1. The van der Waals surface area contributed by atoms with Gasteiger partial charge in [-0.1, -0.05) is 84.4 Å². The molecule has 1 saturated heterocycles. The number of nitrogens with zero attached hydrogens (tertiary/aromatic N) is 1. The van der Waals surface area contributed by atoms with Gasteiger partial charge in [-0.25, -0.2) is 13.1 Å². The number of halogens is 1. The summed E-state index contributed by atoms with van der Waals surface area (Å²) in [6.45, 7) is 1.97. The van der Waals surface area contributed by atoms with Gasteiger partial charge in [0.05, 0.1) is 5.02 Å². The quantitative estimate of drug-likeness (QED) is 0.527. The lowest BCUT2D eigenvalue weighted by atomic mass is 9.83. The van der Waals surface area contributed by atoms with Gasteiger partial charge in [-0.2, -0.15) is 0 Å². The highest BCUT2D eigenvalue weighted by Crippen LogP contribution is 2.35. The molecule has 8 heteroatoms. The van der Waals surface area contributed by atoms with E-state index in [1.54, 1.807) is 13.0 Å². The second-order valence-corrected chi connectivity index (χ2v) is 10.6. The number of amides is 2. The Morgan fingerprint density at radius 3 is 1.97 bits per heavy atom.